The van der Waals surface area contributed by atoms with E-state index in [-0.39, 0.29) is 31.4 Å². The van der Waals surface area contributed by atoms with E-state index < -0.39 is 18.2 Å². The maximum Gasteiger partial charge on any atom is 0.407 e. The Balaban J connectivity index is 1.43. The third-order valence-electron chi connectivity index (χ3n) is 5.87. The van der Waals surface area contributed by atoms with Crippen LogP contribution in [0, 0.1) is 0 Å². The maximum absolute atomic E-state index is 12.5. The second-order valence-electron chi connectivity index (χ2n) is 8.86. The molecule has 0 aliphatic heterocycles. The third-order valence-corrected chi connectivity index (χ3v) is 5.87. The molecule has 3 rings (SSSR count). The van der Waals surface area contributed by atoms with Gasteiger partial charge in [-0.15, -0.1) is 0 Å². The standard InChI is InChI=1S/C28H33N5O4/c1-20(32-27(35)25(29)15-13-21-8-4-2-5-9-21)26(34)31-17-23-12-14-24(30-16-23)19-33(28(36)37)18-22-10-6-3-7-11-22/h2-12,14,16,20,25H,13,15,17-19,29H2,1H3,(H,31,34)(H,32,35)(H,36,37)/t20-,25+/m0/s1. The molecule has 0 saturated heterocycles. The van der Waals surface area contributed by atoms with Gasteiger partial charge in [0.05, 0.1) is 18.3 Å². The molecule has 0 bridgehead atoms. The van der Waals surface area contributed by atoms with Gasteiger partial charge in [-0.25, -0.2) is 4.79 Å². The molecule has 1 heterocycles. The van der Waals surface area contributed by atoms with Gasteiger partial charge in [-0.3, -0.25) is 19.5 Å². The average Bonchev–Trinajstić information content (AvgIpc) is 2.91. The molecule has 0 radical (unpaired) electrons. The van der Waals surface area contributed by atoms with Crippen LogP contribution in [0.1, 0.15) is 35.7 Å². The zero-order valence-corrected chi connectivity index (χ0v) is 20.8. The maximum atomic E-state index is 12.5. The summed E-state index contributed by atoms with van der Waals surface area (Å²) in [7, 11) is 0. The summed E-state index contributed by atoms with van der Waals surface area (Å²) in [6.45, 7) is 2.23. The van der Waals surface area contributed by atoms with Gasteiger partial charge in [0, 0.05) is 19.3 Å². The summed E-state index contributed by atoms with van der Waals surface area (Å²) < 4.78 is 0. The van der Waals surface area contributed by atoms with Crippen LogP contribution in [-0.2, 0) is 35.6 Å². The predicted molar refractivity (Wildman–Crippen MR) is 140 cm³/mol. The van der Waals surface area contributed by atoms with Crippen LogP contribution in [0.15, 0.2) is 79.0 Å². The topological polar surface area (TPSA) is 138 Å². The number of amides is 3. The van der Waals surface area contributed by atoms with Crippen molar-refractivity contribution in [2.75, 3.05) is 0 Å². The first-order chi connectivity index (χ1) is 17.8. The number of hydrogen-bond acceptors (Lipinski definition) is 5. The molecule has 0 unspecified atom stereocenters. The van der Waals surface area contributed by atoms with E-state index >= 15 is 0 Å². The highest BCUT2D eigenvalue weighted by molar-refractivity contribution is 5.89. The number of carbonyl (C=O) groups is 3. The SMILES string of the molecule is C[C@H](NC(=O)[C@H](N)CCc1ccccc1)C(=O)NCc1ccc(CN(Cc2ccccc2)C(=O)O)nc1. The van der Waals surface area contributed by atoms with Gasteiger partial charge in [0.1, 0.15) is 6.04 Å². The molecule has 9 heteroatoms. The van der Waals surface area contributed by atoms with Crippen LogP contribution in [0.5, 0.6) is 0 Å². The van der Waals surface area contributed by atoms with Crippen molar-refractivity contribution in [3.8, 4) is 0 Å². The number of nitrogens with one attached hydrogen (secondary N) is 2. The summed E-state index contributed by atoms with van der Waals surface area (Å²) in [6, 6.07) is 21.2. The van der Waals surface area contributed by atoms with Crippen LogP contribution in [0.2, 0.25) is 0 Å². The Bertz CT molecular complexity index is 1160. The van der Waals surface area contributed by atoms with Gasteiger partial charge >= 0.3 is 6.09 Å². The van der Waals surface area contributed by atoms with Crippen molar-refractivity contribution in [3.63, 3.8) is 0 Å². The fourth-order valence-corrected chi connectivity index (χ4v) is 3.67. The molecular formula is C28H33N5O4. The van der Waals surface area contributed by atoms with E-state index in [1.54, 1.807) is 25.3 Å². The number of rotatable bonds is 12. The minimum Gasteiger partial charge on any atom is -0.465 e. The molecule has 0 spiro atoms. The summed E-state index contributed by atoms with van der Waals surface area (Å²) >= 11 is 0. The fraction of sp³-hybridized carbons (Fsp3) is 0.286. The van der Waals surface area contributed by atoms with Crippen LogP contribution in [0.4, 0.5) is 4.79 Å². The normalized spacial score (nSPS) is 12.3. The first-order valence-electron chi connectivity index (χ1n) is 12.1. The first kappa shape index (κ1) is 27.3. The van der Waals surface area contributed by atoms with E-state index in [4.69, 9.17) is 5.73 Å². The molecule has 9 nitrogen and oxygen atoms in total. The summed E-state index contributed by atoms with van der Waals surface area (Å²) in [6.07, 6.45) is 1.72. The highest BCUT2D eigenvalue weighted by Crippen LogP contribution is 2.10. The molecular weight excluding hydrogens is 470 g/mol. The van der Waals surface area contributed by atoms with Crippen LogP contribution in [0.3, 0.4) is 0 Å². The number of benzene rings is 2. The van der Waals surface area contributed by atoms with E-state index in [1.807, 2.05) is 60.7 Å². The lowest BCUT2D eigenvalue weighted by Gasteiger charge is -2.19. The second kappa shape index (κ2) is 13.7. The Hall–Kier alpha value is -4.24. The molecule has 2 atom stereocenters. The molecule has 0 saturated carbocycles. The summed E-state index contributed by atoms with van der Waals surface area (Å²) in [4.78, 5) is 42.1. The molecule has 2 aromatic carbocycles. The van der Waals surface area contributed by atoms with Crippen molar-refractivity contribution in [1.82, 2.24) is 20.5 Å². The van der Waals surface area contributed by atoms with Crippen molar-refractivity contribution in [1.29, 1.82) is 0 Å². The Morgan fingerprint density at radius 3 is 2.14 bits per heavy atom. The Morgan fingerprint density at radius 1 is 0.892 bits per heavy atom. The largest absolute Gasteiger partial charge is 0.465 e. The molecule has 1 aromatic heterocycles. The molecule has 0 fully saturated rings. The average molecular weight is 504 g/mol. The van der Waals surface area contributed by atoms with Gasteiger partial charge in [0.15, 0.2) is 0 Å². The zero-order chi connectivity index (χ0) is 26.6. The molecule has 3 amide bonds. The van der Waals surface area contributed by atoms with Gasteiger partial charge in [-0.1, -0.05) is 66.7 Å². The number of aromatic nitrogens is 1. The van der Waals surface area contributed by atoms with E-state index in [1.165, 1.54) is 4.90 Å². The highest BCUT2D eigenvalue weighted by atomic mass is 16.4. The number of carbonyl (C=O) groups excluding carboxylic acids is 2. The quantitative estimate of drug-likeness (QED) is 0.300. The molecule has 5 N–H and O–H groups in total. The van der Waals surface area contributed by atoms with Crippen LogP contribution >= 0.6 is 0 Å². The summed E-state index contributed by atoms with van der Waals surface area (Å²) in [5, 5.41) is 15.0. The van der Waals surface area contributed by atoms with Gasteiger partial charge in [0.2, 0.25) is 11.8 Å². The van der Waals surface area contributed by atoms with Crippen molar-refractivity contribution < 1.29 is 19.5 Å². The van der Waals surface area contributed by atoms with Crippen LogP contribution < -0.4 is 16.4 Å². The van der Waals surface area contributed by atoms with Crippen molar-refractivity contribution >= 4 is 17.9 Å². The van der Waals surface area contributed by atoms with Gasteiger partial charge in [-0.05, 0) is 42.5 Å². The van der Waals surface area contributed by atoms with Gasteiger partial charge in [0.25, 0.3) is 0 Å². The van der Waals surface area contributed by atoms with E-state index in [0.29, 0.717) is 18.5 Å². The minimum atomic E-state index is -1.03. The fourth-order valence-electron chi connectivity index (χ4n) is 3.67. The van der Waals surface area contributed by atoms with Crippen LogP contribution in [0.25, 0.3) is 0 Å². The van der Waals surface area contributed by atoms with E-state index in [0.717, 1.165) is 16.7 Å². The molecule has 0 aliphatic carbocycles. The van der Waals surface area contributed by atoms with Crippen LogP contribution in [-0.4, -0.2) is 45.0 Å². The lowest BCUT2D eigenvalue weighted by Crippen LogP contribution is -2.50. The first-order valence-corrected chi connectivity index (χ1v) is 12.1. The molecule has 0 aliphatic rings. The number of nitrogens with two attached hydrogens (primary N) is 1. The Labute approximate surface area is 216 Å². The number of carboxylic acid groups (broad SMARTS) is 1. The smallest absolute Gasteiger partial charge is 0.407 e. The molecule has 37 heavy (non-hydrogen) atoms. The lowest BCUT2D eigenvalue weighted by molar-refractivity contribution is -0.129. The zero-order valence-electron chi connectivity index (χ0n) is 20.8. The third kappa shape index (κ3) is 9.05. The van der Waals surface area contributed by atoms with E-state index in [2.05, 4.69) is 15.6 Å². The van der Waals surface area contributed by atoms with Crippen molar-refractivity contribution in [3.05, 3.63) is 101 Å². The Kier molecular flexibility index (Phi) is 10.2. The number of hydrogen-bond donors (Lipinski definition) is 4. The van der Waals surface area contributed by atoms with Gasteiger partial charge < -0.3 is 21.5 Å². The monoisotopic (exact) mass is 503 g/mol. The summed E-state index contributed by atoms with van der Waals surface area (Å²) in [5.41, 5.74) is 9.33. The second-order valence-corrected chi connectivity index (χ2v) is 8.86. The van der Waals surface area contributed by atoms with Crippen molar-refractivity contribution in [2.45, 2.75) is 51.5 Å². The van der Waals surface area contributed by atoms with Crippen molar-refractivity contribution in [2.24, 2.45) is 5.73 Å². The number of pyridine rings is 1. The molecule has 194 valence electrons. The minimum absolute atomic E-state index is 0.143. The predicted octanol–water partition coefficient (Wildman–Crippen LogP) is 2.84. The molecule has 3 aromatic rings. The summed E-state index contributed by atoms with van der Waals surface area (Å²) in [5.74, 6) is -0.712. The highest BCUT2D eigenvalue weighted by Gasteiger charge is 2.20. The lowest BCUT2D eigenvalue weighted by atomic mass is 10.1. The number of nitrogens with zero attached hydrogens (tertiary/aromatic N) is 2. The number of aryl methyl sites for hydroxylation is 1. The van der Waals surface area contributed by atoms with Gasteiger partial charge in [-0.2, -0.15) is 0 Å². The Morgan fingerprint density at radius 2 is 1.54 bits per heavy atom. The van der Waals surface area contributed by atoms with E-state index in [9.17, 15) is 19.5 Å².